The second-order valence-electron chi connectivity index (χ2n) is 21.7. The summed E-state index contributed by atoms with van der Waals surface area (Å²) in [4.78, 5) is 96.8. The number of rotatable bonds is 6. The van der Waals surface area contributed by atoms with Crippen LogP contribution in [0, 0.1) is 0 Å². The number of urea groups is 2. The van der Waals surface area contributed by atoms with Gasteiger partial charge in [-0.1, -0.05) is 84.9 Å². The minimum Gasteiger partial charge on any atom is -0.489 e. The van der Waals surface area contributed by atoms with Crippen LogP contribution in [0.15, 0.2) is 156 Å². The highest BCUT2D eigenvalue weighted by Gasteiger charge is 2.82. The van der Waals surface area contributed by atoms with Gasteiger partial charge in [-0.25, -0.2) is 9.59 Å². The fraction of sp³-hybridized carbons (Fsp3) is 0.406. The molecule has 4 aromatic carbocycles. The summed E-state index contributed by atoms with van der Waals surface area (Å²) in [5.74, 6) is -8.05. The van der Waals surface area contributed by atoms with Gasteiger partial charge in [0.25, 0.3) is 0 Å². The van der Waals surface area contributed by atoms with E-state index >= 15 is 9.59 Å². The molecule has 8 bridgehead atoms. The second-order valence-corrected chi connectivity index (χ2v) is 21.7. The quantitative estimate of drug-likeness (QED) is 0.198. The van der Waals surface area contributed by atoms with Crippen LogP contribution in [0.4, 0.5) is 9.59 Å². The molecule has 4 atom stereocenters. The highest BCUT2D eigenvalue weighted by molar-refractivity contribution is 5.92. The predicted molar refractivity (Wildman–Crippen MR) is 302 cm³/mol. The minimum absolute atomic E-state index is 0.0812. The molecule has 6 aliphatic heterocycles. The Morgan fingerprint density at radius 2 is 0.570 bits per heavy atom. The van der Waals surface area contributed by atoms with Crippen molar-refractivity contribution in [2.75, 3.05) is 107 Å². The lowest BCUT2D eigenvalue weighted by atomic mass is 9.79. The van der Waals surface area contributed by atoms with Gasteiger partial charge in [-0.2, -0.15) is 0 Å². The van der Waals surface area contributed by atoms with Crippen LogP contribution in [0.3, 0.4) is 0 Å². The Bertz CT molecular complexity index is 3070. The Hall–Kier alpha value is -8.06. The summed E-state index contributed by atoms with van der Waals surface area (Å²) in [5.41, 5.74) is -1.88. The van der Waals surface area contributed by atoms with E-state index in [2.05, 4.69) is 0 Å². The largest absolute Gasteiger partial charge is 0.489 e. The number of benzene rings is 4. The molecule has 6 heterocycles. The van der Waals surface area contributed by atoms with Gasteiger partial charge in [0.2, 0.25) is 23.1 Å². The maximum absolute atomic E-state index is 17.0. The number of fused-ring (bicyclic) bond motifs is 2. The third-order valence-corrected chi connectivity index (χ3v) is 17.3. The number of ketones is 4. The van der Waals surface area contributed by atoms with Crippen LogP contribution in [0.2, 0.25) is 0 Å². The zero-order valence-electron chi connectivity index (χ0n) is 48.2. The van der Waals surface area contributed by atoms with Crippen molar-refractivity contribution in [2.45, 2.75) is 60.2 Å². The molecule has 12 rings (SSSR count). The zero-order valence-corrected chi connectivity index (χ0v) is 48.2. The number of Topliss-reactive ketones (excluding diaryl/α,β-unsaturated/α-hetero) is 4. The van der Waals surface area contributed by atoms with Crippen molar-refractivity contribution in [2.24, 2.45) is 0 Å². The number of methoxy groups -OCH3 is 4. The van der Waals surface area contributed by atoms with Gasteiger partial charge in [-0.3, -0.25) is 38.8 Å². The number of carbonyl (C=O) groups excluding carboxylic acids is 6. The summed E-state index contributed by atoms with van der Waals surface area (Å²) >= 11 is 0. The smallest absolute Gasteiger partial charge is 0.325 e. The lowest BCUT2D eigenvalue weighted by molar-refractivity contribution is -0.194. The van der Waals surface area contributed by atoms with E-state index in [9.17, 15) is 19.2 Å². The van der Waals surface area contributed by atoms with E-state index in [4.69, 9.17) is 56.8 Å². The summed E-state index contributed by atoms with van der Waals surface area (Å²) in [7, 11) is 5.59. The molecule has 8 aliphatic rings. The molecule has 0 N–H and O–H groups in total. The van der Waals surface area contributed by atoms with Gasteiger partial charge in [0.1, 0.15) is 26.4 Å². The van der Waals surface area contributed by atoms with Crippen LogP contribution in [0.5, 0.6) is 23.0 Å². The fourth-order valence-electron chi connectivity index (χ4n) is 13.2. The van der Waals surface area contributed by atoms with E-state index in [1.165, 1.54) is 52.7 Å². The van der Waals surface area contributed by atoms with Crippen molar-refractivity contribution in [3.63, 3.8) is 0 Å². The van der Waals surface area contributed by atoms with Crippen LogP contribution < -0.4 is 18.9 Å². The Balaban J connectivity index is 1.10. The van der Waals surface area contributed by atoms with Gasteiger partial charge >= 0.3 is 12.1 Å². The summed E-state index contributed by atoms with van der Waals surface area (Å²) in [6.45, 7) is -3.96. The number of hydrogen-bond acceptors (Lipinski definition) is 18. The average molecular weight is 1180 g/mol. The highest BCUT2D eigenvalue weighted by Crippen LogP contribution is 2.66. The van der Waals surface area contributed by atoms with E-state index in [0.29, 0.717) is 34.1 Å². The third-order valence-electron chi connectivity index (χ3n) is 17.3. The van der Waals surface area contributed by atoms with Crippen molar-refractivity contribution in [1.29, 1.82) is 0 Å². The molecule has 0 aromatic heterocycles. The predicted octanol–water partition coefficient (Wildman–Crippen LogP) is 6.14. The van der Waals surface area contributed by atoms with Gasteiger partial charge in [-0.15, -0.1) is 0 Å². The van der Waals surface area contributed by atoms with Gasteiger partial charge in [0.05, 0.1) is 52.6 Å². The molecule has 4 aromatic rings. The lowest BCUT2D eigenvalue weighted by Gasteiger charge is -2.49. The standard InChI is InChI=1S/C64H66N4O18/c1-75-59-27-28-60(76-2)50-36-66-58(74)68-38-52-51(37-67-57(73)65(35-49(50)59)63(66,43-15-7-5-8-16-43)64(67,68)44-17-9-6-10-18-44)61(77-3,85-41-47(71)25-33-81-54-20-12-11-19-53(54)79-31-23-45(69)39-83-59)29-30-62(52,78-4)86-42-48(72)26-34-82-56-22-14-13-21-55(56)80-32-24-46(70)40-84-60/h5-22,27-30H,23-26,31-42H2,1-4H3. The number of para-hydroxylation sites is 4. The van der Waals surface area contributed by atoms with Crippen LogP contribution in [-0.4, -0.2) is 185 Å². The fourth-order valence-corrected chi connectivity index (χ4v) is 13.2. The van der Waals surface area contributed by atoms with Crippen molar-refractivity contribution in [1.82, 2.24) is 19.6 Å². The third kappa shape index (κ3) is 9.41. The average Bonchev–Trinajstić information content (AvgIpc) is 1.47. The van der Waals surface area contributed by atoms with E-state index in [1.54, 1.807) is 68.1 Å². The van der Waals surface area contributed by atoms with Crippen LogP contribution in [-0.2, 0) is 68.4 Å². The monoisotopic (exact) mass is 1180 g/mol. The van der Waals surface area contributed by atoms with Crippen molar-refractivity contribution in [3.05, 3.63) is 167 Å². The first kappa shape index (κ1) is 58.3. The summed E-state index contributed by atoms with van der Waals surface area (Å²) < 4.78 is 77.2. The minimum atomic E-state index is -1.97. The summed E-state index contributed by atoms with van der Waals surface area (Å²) in [6, 6.07) is 30.8. The summed E-state index contributed by atoms with van der Waals surface area (Å²) in [6.07, 6.45) is 5.63. The molecule has 0 spiro atoms. The van der Waals surface area contributed by atoms with E-state index in [-0.39, 0.29) is 124 Å². The number of nitrogens with zero attached hydrogens (tertiary/aromatic N) is 4. The molecule has 0 radical (unpaired) electrons. The molecule has 4 amide bonds. The number of hydrogen-bond donors (Lipinski definition) is 0. The Morgan fingerprint density at radius 1 is 0.337 bits per heavy atom. The molecular weight excluding hydrogens is 1110 g/mol. The van der Waals surface area contributed by atoms with Crippen molar-refractivity contribution < 1.29 is 85.6 Å². The van der Waals surface area contributed by atoms with Gasteiger partial charge < -0.3 is 56.8 Å². The molecule has 86 heavy (non-hydrogen) atoms. The molecule has 2 saturated heterocycles. The van der Waals surface area contributed by atoms with Gasteiger partial charge in [0.15, 0.2) is 57.5 Å². The number of amides is 4. The zero-order chi connectivity index (χ0) is 59.9. The van der Waals surface area contributed by atoms with Crippen LogP contribution in [0.25, 0.3) is 0 Å². The molecule has 2 fully saturated rings. The van der Waals surface area contributed by atoms with Crippen molar-refractivity contribution >= 4 is 35.2 Å². The first-order valence-electron chi connectivity index (χ1n) is 28.5. The molecule has 2 aliphatic carbocycles. The second kappa shape index (κ2) is 23.3. The number of carbonyl (C=O) groups is 6. The topological polar surface area (TPSA) is 226 Å². The van der Waals surface area contributed by atoms with E-state index < -0.39 is 73.0 Å². The van der Waals surface area contributed by atoms with E-state index in [0.717, 1.165) is 0 Å². The van der Waals surface area contributed by atoms with Crippen LogP contribution in [0.1, 0.15) is 36.8 Å². The molecular formula is C64H66N4O18. The van der Waals surface area contributed by atoms with Crippen LogP contribution >= 0.6 is 0 Å². The van der Waals surface area contributed by atoms with E-state index in [1.807, 2.05) is 60.7 Å². The highest BCUT2D eigenvalue weighted by atomic mass is 16.7. The molecule has 0 saturated carbocycles. The summed E-state index contributed by atoms with van der Waals surface area (Å²) in [5, 5.41) is 0. The molecule has 22 heteroatoms. The Morgan fingerprint density at radius 3 is 0.802 bits per heavy atom. The maximum Gasteiger partial charge on any atom is 0.325 e. The van der Waals surface area contributed by atoms with Gasteiger partial charge in [-0.05, 0) is 48.6 Å². The lowest BCUT2D eigenvalue weighted by Crippen LogP contribution is -2.63. The SMILES string of the molecule is COC12C=CC3(OC)OCC(=O)CCOc4ccccc4OCCC(=O)COC4(OC)C=CC(OC)(OCC(=O)CCOc5ccccc5OCCC(=O)CO1)C1=C4CN4C(=O)N5CC3=C2CN2C(=O)N(C1)C4(c1ccccc1)C25c1ccccc1. The molecule has 22 nitrogen and oxygen atoms in total. The maximum atomic E-state index is 17.0. The molecule has 4 unspecified atom stereocenters. The first-order valence-corrected chi connectivity index (χ1v) is 28.5. The molecule has 450 valence electrons. The van der Waals surface area contributed by atoms with Gasteiger partial charge in [0, 0.05) is 87.5 Å². The first-order chi connectivity index (χ1) is 41.8. The Kier molecular flexibility index (Phi) is 15.8. The van der Waals surface area contributed by atoms with Crippen molar-refractivity contribution in [3.8, 4) is 23.0 Å². The Labute approximate surface area is 496 Å². The normalized spacial score (nSPS) is 30.1. The number of ether oxygens (including phenoxy) is 12.